The van der Waals surface area contributed by atoms with Crippen LogP contribution in [0.1, 0.15) is 4.88 Å². The molecule has 0 atom stereocenters. The third kappa shape index (κ3) is 5.67. The summed E-state index contributed by atoms with van der Waals surface area (Å²) in [6.07, 6.45) is 7.87. The Morgan fingerprint density at radius 1 is 1.22 bits per heavy atom. The fourth-order valence-corrected chi connectivity index (χ4v) is 4.36. The van der Waals surface area contributed by atoms with E-state index < -0.39 is 0 Å². The number of hydrogen-bond acceptors (Lipinski definition) is 8. The number of nitrogens with one attached hydrogen (secondary N) is 3. The number of fused-ring (bicyclic) bond motifs is 1. The molecule has 2 amide bonds. The average molecular weight is 489 g/mol. The predicted octanol–water partition coefficient (Wildman–Crippen LogP) is 4.60. The van der Waals surface area contributed by atoms with Gasteiger partial charge < -0.3 is 10.6 Å². The second-order valence-electron chi connectivity index (χ2n) is 6.71. The van der Waals surface area contributed by atoms with Crippen LogP contribution in [0, 0.1) is 0 Å². The smallest absolute Gasteiger partial charge is 0.325 e. The molecule has 3 aromatic heterocycles. The Morgan fingerprint density at radius 2 is 2.12 bits per heavy atom. The van der Waals surface area contributed by atoms with Crippen molar-refractivity contribution in [3.05, 3.63) is 52.9 Å². The summed E-state index contributed by atoms with van der Waals surface area (Å²) in [7, 11) is 0. The van der Waals surface area contributed by atoms with Gasteiger partial charge in [-0.1, -0.05) is 17.7 Å². The molecule has 0 bridgehead atoms. The quantitative estimate of drug-likeness (QED) is 0.316. The maximum Gasteiger partial charge on any atom is 0.325 e. The normalized spacial score (nSPS) is 10.9. The second kappa shape index (κ2) is 10.6. The van der Waals surface area contributed by atoms with Gasteiger partial charge in [0, 0.05) is 40.5 Å². The number of carbonyl (C=O) groups excluding carboxylic acids is 1. The largest absolute Gasteiger partial charge is 0.368 e. The van der Waals surface area contributed by atoms with Crippen molar-refractivity contribution in [2.75, 3.05) is 34.5 Å². The molecule has 0 spiro atoms. The number of carbonyl (C=O) groups is 1. The first-order valence-electron chi connectivity index (χ1n) is 9.80. The first-order chi connectivity index (χ1) is 15.6. The van der Waals surface area contributed by atoms with E-state index in [0.717, 1.165) is 40.4 Å². The van der Waals surface area contributed by atoms with E-state index in [9.17, 15) is 4.79 Å². The van der Waals surface area contributed by atoms with Crippen molar-refractivity contribution in [1.29, 1.82) is 0 Å². The summed E-state index contributed by atoms with van der Waals surface area (Å²) in [4.78, 5) is 26.2. The van der Waals surface area contributed by atoms with Crippen molar-refractivity contribution in [2.45, 2.75) is 13.0 Å². The molecule has 4 aromatic rings. The van der Waals surface area contributed by atoms with Crippen molar-refractivity contribution < 1.29 is 4.79 Å². The lowest BCUT2D eigenvalue weighted by molar-refractivity contribution is 0.262. The molecule has 166 valence electrons. The minimum Gasteiger partial charge on any atom is -0.368 e. The van der Waals surface area contributed by atoms with Crippen molar-refractivity contribution in [3.63, 3.8) is 0 Å². The summed E-state index contributed by atoms with van der Waals surface area (Å²) < 4.78 is 1.93. The Bertz CT molecular complexity index is 1210. The van der Waals surface area contributed by atoms with Crippen LogP contribution in [0.5, 0.6) is 0 Å². The number of hydrogen-bond donors (Lipinski definition) is 3. The fraction of sp³-hybridized carbons (Fsp3) is 0.250. The maximum absolute atomic E-state index is 12.2. The summed E-state index contributed by atoms with van der Waals surface area (Å²) in [6, 6.07) is 6.59. The predicted molar refractivity (Wildman–Crippen MR) is 132 cm³/mol. The number of anilines is 3. The molecule has 0 saturated carbocycles. The molecule has 12 heteroatoms. The van der Waals surface area contributed by atoms with Crippen LogP contribution in [-0.2, 0) is 13.0 Å². The minimum atomic E-state index is -0.367. The number of halogens is 1. The third-order valence-corrected chi connectivity index (χ3v) is 6.25. The molecule has 32 heavy (non-hydrogen) atoms. The Kier molecular flexibility index (Phi) is 7.40. The van der Waals surface area contributed by atoms with Crippen LogP contribution >= 0.6 is 34.7 Å². The van der Waals surface area contributed by atoms with Gasteiger partial charge in [0.1, 0.15) is 17.4 Å². The number of rotatable bonds is 9. The lowest BCUT2D eigenvalue weighted by Crippen LogP contribution is -2.19. The molecule has 0 fully saturated rings. The summed E-state index contributed by atoms with van der Waals surface area (Å²) in [5.74, 6) is 1.73. The molecule has 4 rings (SSSR count). The molecule has 0 aliphatic carbocycles. The van der Waals surface area contributed by atoms with Gasteiger partial charge in [-0.05, 0) is 24.5 Å². The lowest BCUT2D eigenvalue weighted by atomic mass is 10.3. The molecule has 3 heterocycles. The average Bonchev–Trinajstić information content (AvgIpc) is 3.39. The van der Waals surface area contributed by atoms with Gasteiger partial charge in [-0.3, -0.25) is 10.00 Å². The van der Waals surface area contributed by atoms with Crippen LogP contribution in [0.4, 0.5) is 21.4 Å². The van der Waals surface area contributed by atoms with Gasteiger partial charge in [0.2, 0.25) is 0 Å². The number of aryl methyl sites for hydroxylation is 1. The van der Waals surface area contributed by atoms with Gasteiger partial charge in [0.15, 0.2) is 10.9 Å². The molecular formula is C20H21ClN8OS2. The molecule has 3 N–H and O–H groups in total. The van der Waals surface area contributed by atoms with Gasteiger partial charge in [-0.25, -0.2) is 19.7 Å². The number of amides is 2. The zero-order valence-corrected chi connectivity index (χ0v) is 19.6. The third-order valence-electron chi connectivity index (χ3n) is 4.46. The molecule has 0 saturated heterocycles. The highest BCUT2D eigenvalue weighted by atomic mass is 35.5. The van der Waals surface area contributed by atoms with Gasteiger partial charge in [0.25, 0.3) is 0 Å². The standard InChI is InChI=1S/C20H21ClN8OS2/c1-31-8-7-29-17-16(11-26-29)24-12-25-18(17)22-6-5-15-10-23-20(32-15)28-19(30)27-14-4-2-3-13(21)9-14/h2-4,9-12H,5-8H2,1H3,(H,22,24,25)(H2,23,27,28,30). The number of thiazole rings is 1. The number of thioether (sulfide) groups is 1. The van der Waals surface area contributed by atoms with E-state index in [4.69, 9.17) is 11.6 Å². The Labute approximate surface area is 198 Å². The molecule has 0 aliphatic heterocycles. The van der Waals surface area contributed by atoms with Crippen LogP contribution in [-0.4, -0.2) is 49.3 Å². The molecule has 9 nitrogen and oxygen atoms in total. The summed E-state index contributed by atoms with van der Waals surface area (Å²) in [5.41, 5.74) is 2.34. The Balaban J connectivity index is 1.32. The highest BCUT2D eigenvalue weighted by Crippen LogP contribution is 2.22. The highest BCUT2D eigenvalue weighted by Gasteiger charge is 2.11. The number of benzene rings is 1. The molecule has 0 unspecified atom stereocenters. The van der Waals surface area contributed by atoms with E-state index in [1.807, 2.05) is 4.68 Å². The monoisotopic (exact) mass is 488 g/mol. The van der Waals surface area contributed by atoms with Gasteiger partial charge in [-0.2, -0.15) is 16.9 Å². The van der Waals surface area contributed by atoms with Crippen LogP contribution in [0.15, 0.2) is 43.0 Å². The van der Waals surface area contributed by atoms with Crippen molar-refractivity contribution >= 4 is 68.4 Å². The SMILES string of the molecule is CSCCn1ncc2ncnc(NCCc3cnc(NC(=O)Nc4cccc(Cl)c4)s3)c21. The molecule has 1 aromatic carbocycles. The van der Waals surface area contributed by atoms with Crippen molar-refractivity contribution in [2.24, 2.45) is 0 Å². The van der Waals surface area contributed by atoms with Gasteiger partial charge in [0.05, 0.1) is 12.7 Å². The zero-order valence-electron chi connectivity index (χ0n) is 17.2. The van der Waals surface area contributed by atoms with Crippen molar-refractivity contribution in [1.82, 2.24) is 24.7 Å². The van der Waals surface area contributed by atoms with Crippen LogP contribution < -0.4 is 16.0 Å². The van der Waals surface area contributed by atoms with Crippen LogP contribution in [0.3, 0.4) is 0 Å². The fourth-order valence-electron chi connectivity index (χ4n) is 3.01. The number of aromatic nitrogens is 5. The summed E-state index contributed by atoms with van der Waals surface area (Å²) in [5, 5.41) is 14.4. The first-order valence-corrected chi connectivity index (χ1v) is 12.4. The topological polar surface area (TPSA) is 110 Å². The van der Waals surface area contributed by atoms with E-state index >= 15 is 0 Å². The van der Waals surface area contributed by atoms with Gasteiger partial charge >= 0.3 is 6.03 Å². The summed E-state index contributed by atoms with van der Waals surface area (Å²) >= 11 is 9.14. The summed E-state index contributed by atoms with van der Waals surface area (Å²) in [6.45, 7) is 1.46. The maximum atomic E-state index is 12.2. The zero-order chi connectivity index (χ0) is 22.3. The van der Waals surface area contributed by atoms with Gasteiger partial charge in [-0.15, -0.1) is 11.3 Å². The Morgan fingerprint density at radius 3 is 2.97 bits per heavy atom. The molecule has 0 aliphatic rings. The first kappa shape index (κ1) is 22.3. The van der Waals surface area contributed by atoms with E-state index in [0.29, 0.717) is 22.4 Å². The highest BCUT2D eigenvalue weighted by molar-refractivity contribution is 7.98. The molecular weight excluding hydrogens is 468 g/mol. The Hall–Kier alpha value is -2.89. The van der Waals surface area contributed by atoms with Crippen LogP contribution in [0.25, 0.3) is 11.0 Å². The lowest BCUT2D eigenvalue weighted by Gasteiger charge is -2.08. The van der Waals surface area contributed by atoms with E-state index in [1.165, 1.54) is 11.3 Å². The molecule has 0 radical (unpaired) electrons. The number of urea groups is 1. The van der Waals surface area contributed by atoms with E-state index in [1.54, 1.807) is 54.7 Å². The van der Waals surface area contributed by atoms with Crippen LogP contribution in [0.2, 0.25) is 5.02 Å². The van der Waals surface area contributed by atoms with E-state index in [2.05, 4.69) is 42.3 Å². The second-order valence-corrected chi connectivity index (χ2v) is 9.25. The van der Waals surface area contributed by atoms with E-state index in [-0.39, 0.29) is 6.03 Å². The number of nitrogens with zero attached hydrogens (tertiary/aromatic N) is 5. The van der Waals surface area contributed by atoms with Crippen molar-refractivity contribution in [3.8, 4) is 0 Å². The minimum absolute atomic E-state index is 0.367.